The van der Waals surface area contributed by atoms with Crippen LogP contribution in [0.1, 0.15) is 32.6 Å². The second kappa shape index (κ2) is 6.94. The fourth-order valence-electron chi connectivity index (χ4n) is 2.54. The Hall–Kier alpha value is -1.03. The third-order valence-corrected chi connectivity index (χ3v) is 4.64. The number of piperidine rings is 1. The van der Waals surface area contributed by atoms with Gasteiger partial charge in [0.05, 0.1) is 5.75 Å². The van der Waals surface area contributed by atoms with Gasteiger partial charge in [-0.05, 0) is 37.8 Å². The molecule has 2 nitrogen and oxygen atoms in total. The summed E-state index contributed by atoms with van der Waals surface area (Å²) in [6.45, 7) is 2.98. The Morgan fingerprint density at radius 1 is 1.42 bits per heavy atom. The molecule has 1 aromatic rings. The first-order chi connectivity index (χ1) is 9.22. The van der Waals surface area contributed by atoms with Gasteiger partial charge >= 0.3 is 0 Å². The largest absolute Gasteiger partial charge is 0.339 e. The van der Waals surface area contributed by atoms with Gasteiger partial charge in [0.2, 0.25) is 5.91 Å². The van der Waals surface area contributed by atoms with Gasteiger partial charge in [0.15, 0.2) is 0 Å². The number of benzene rings is 1. The van der Waals surface area contributed by atoms with Gasteiger partial charge in [-0.15, -0.1) is 11.8 Å². The van der Waals surface area contributed by atoms with Crippen LogP contribution in [-0.2, 0) is 4.79 Å². The van der Waals surface area contributed by atoms with Crippen molar-refractivity contribution in [3.63, 3.8) is 0 Å². The Morgan fingerprint density at radius 2 is 2.21 bits per heavy atom. The molecule has 0 aliphatic carbocycles. The number of likely N-dealkylation sites (tertiary alicyclic amines) is 1. The maximum absolute atomic E-state index is 13.5. The molecule has 0 spiro atoms. The van der Waals surface area contributed by atoms with E-state index in [2.05, 4.69) is 6.92 Å². The minimum Gasteiger partial charge on any atom is -0.339 e. The summed E-state index contributed by atoms with van der Waals surface area (Å²) < 4.78 is 13.5. The molecule has 1 unspecified atom stereocenters. The highest BCUT2D eigenvalue weighted by atomic mass is 32.2. The monoisotopic (exact) mass is 281 g/mol. The lowest BCUT2D eigenvalue weighted by molar-refractivity contribution is -0.132. The molecule has 104 valence electrons. The van der Waals surface area contributed by atoms with E-state index in [4.69, 9.17) is 0 Å². The number of carbonyl (C=O) groups is 1. The molecule has 0 bridgehead atoms. The van der Waals surface area contributed by atoms with Crippen LogP contribution in [0.2, 0.25) is 0 Å². The van der Waals surface area contributed by atoms with Crippen molar-refractivity contribution in [3.05, 3.63) is 30.1 Å². The zero-order valence-corrected chi connectivity index (χ0v) is 12.1. The lowest BCUT2D eigenvalue weighted by Crippen LogP contribution is -2.44. The fraction of sp³-hybridized carbons (Fsp3) is 0.533. The van der Waals surface area contributed by atoms with E-state index in [1.54, 1.807) is 18.2 Å². The molecule has 0 N–H and O–H groups in total. The SMILES string of the molecule is CCC1CCCCN1C(=O)CSc1ccccc1F. The van der Waals surface area contributed by atoms with Crippen LogP contribution >= 0.6 is 11.8 Å². The molecule has 1 aliphatic rings. The summed E-state index contributed by atoms with van der Waals surface area (Å²) in [6.07, 6.45) is 4.41. The first-order valence-corrected chi connectivity index (χ1v) is 7.87. The van der Waals surface area contributed by atoms with E-state index in [1.807, 2.05) is 4.90 Å². The Bertz CT molecular complexity index is 438. The predicted octanol–water partition coefficient (Wildman–Crippen LogP) is 3.71. The van der Waals surface area contributed by atoms with E-state index in [0.717, 1.165) is 25.8 Å². The molecule has 1 fully saturated rings. The first-order valence-electron chi connectivity index (χ1n) is 6.89. The van der Waals surface area contributed by atoms with Crippen molar-refractivity contribution in [1.29, 1.82) is 0 Å². The van der Waals surface area contributed by atoms with Crippen molar-refractivity contribution in [1.82, 2.24) is 4.90 Å². The van der Waals surface area contributed by atoms with Gasteiger partial charge in [0.25, 0.3) is 0 Å². The highest BCUT2D eigenvalue weighted by Gasteiger charge is 2.25. The van der Waals surface area contributed by atoms with Gasteiger partial charge in [-0.2, -0.15) is 0 Å². The molecule has 2 rings (SSSR count). The molecule has 4 heteroatoms. The Labute approximate surface area is 118 Å². The van der Waals surface area contributed by atoms with E-state index in [-0.39, 0.29) is 11.7 Å². The van der Waals surface area contributed by atoms with Crippen LogP contribution in [0.3, 0.4) is 0 Å². The standard InChI is InChI=1S/C15H20FNOS/c1-2-12-7-5-6-10-17(12)15(18)11-19-14-9-4-3-8-13(14)16/h3-4,8-9,12H,2,5-7,10-11H2,1H3. The van der Waals surface area contributed by atoms with Crippen molar-refractivity contribution in [2.45, 2.75) is 43.5 Å². The van der Waals surface area contributed by atoms with Crippen molar-refractivity contribution in [2.75, 3.05) is 12.3 Å². The van der Waals surface area contributed by atoms with Gasteiger partial charge in [-0.1, -0.05) is 19.1 Å². The van der Waals surface area contributed by atoms with E-state index < -0.39 is 0 Å². The number of carbonyl (C=O) groups excluding carboxylic acids is 1. The molecular formula is C15H20FNOS. The van der Waals surface area contributed by atoms with Crippen LogP contribution in [0, 0.1) is 5.82 Å². The van der Waals surface area contributed by atoms with Crippen molar-refractivity contribution in [2.24, 2.45) is 0 Å². The number of hydrogen-bond acceptors (Lipinski definition) is 2. The minimum absolute atomic E-state index is 0.139. The number of thioether (sulfide) groups is 1. The average Bonchev–Trinajstić information content (AvgIpc) is 2.46. The summed E-state index contributed by atoms with van der Waals surface area (Å²) >= 11 is 1.30. The maximum atomic E-state index is 13.5. The highest BCUT2D eigenvalue weighted by molar-refractivity contribution is 8.00. The van der Waals surface area contributed by atoms with Crippen LogP contribution in [0.25, 0.3) is 0 Å². The molecule has 0 aromatic heterocycles. The van der Waals surface area contributed by atoms with Gasteiger partial charge < -0.3 is 4.90 Å². The summed E-state index contributed by atoms with van der Waals surface area (Å²) in [6, 6.07) is 7.00. The second-order valence-corrected chi connectivity index (χ2v) is 5.88. The summed E-state index contributed by atoms with van der Waals surface area (Å²) in [5.74, 6) is 0.225. The Morgan fingerprint density at radius 3 is 2.95 bits per heavy atom. The van der Waals surface area contributed by atoms with Gasteiger partial charge in [0.1, 0.15) is 5.82 Å². The van der Waals surface area contributed by atoms with Crippen molar-refractivity contribution >= 4 is 17.7 Å². The first kappa shape index (κ1) is 14.4. The number of halogens is 1. The zero-order chi connectivity index (χ0) is 13.7. The van der Waals surface area contributed by atoms with E-state index in [0.29, 0.717) is 16.7 Å². The summed E-state index contributed by atoms with van der Waals surface area (Å²) in [4.78, 5) is 14.8. The lowest BCUT2D eigenvalue weighted by Gasteiger charge is -2.35. The quantitative estimate of drug-likeness (QED) is 0.784. The molecule has 19 heavy (non-hydrogen) atoms. The van der Waals surface area contributed by atoms with Crippen LogP contribution < -0.4 is 0 Å². The van der Waals surface area contributed by atoms with Gasteiger partial charge in [-0.3, -0.25) is 4.79 Å². The molecular weight excluding hydrogens is 261 g/mol. The molecule has 1 atom stereocenters. The summed E-state index contributed by atoms with van der Waals surface area (Å²) in [5.41, 5.74) is 0. The minimum atomic E-state index is -0.244. The van der Waals surface area contributed by atoms with Crippen molar-refractivity contribution < 1.29 is 9.18 Å². The van der Waals surface area contributed by atoms with E-state index >= 15 is 0 Å². The topological polar surface area (TPSA) is 20.3 Å². The maximum Gasteiger partial charge on any atom is 0.233 e. The van der Waals surface area contributed by atoms with Gasteiger partial charge in [0, 0.05) is 17.5 Å². The molecule has 0 radical (unpaired) electrons. The van der Waals surface area contributed by atoms with Crippen LogP contribution in [0.4, 0.5) is 4.39 Å². The summed E-state index contributed by atoms with van der Waals surface area (Å²) in [7, 11) is 0. The number of rotatable bonds is 4. The third kappa shape index (κ3) is 3.72. The van der Waals surface area contributed by atoms with E-state index in [9.17, 15) is 9.18 Å². The van der Waals surface area contributed by atoms with Crippen LogP contribution in [0.15, 0.2) is 29.2 Å². The molecule has 1 heterocycles. The fourth-order valence-corrected chi connectivity index (χ4v) is 3.36. The van der Waals surface area contributed by atoms with Crippen LogP contribution in [-0.4, -0.2) is 29.1 Å². The number of nitrogens with zero attached hydrogens (tertiary/aromatic N) is 1. The number of amides is 1. The smallest absolute Gasteiger partial charge is 0.233 e. The molecule has 0 saturated carbocycles. The number of hydrogen-bond donors (Lipinski definition) is 0. The predicted molar refractivity (Wildman–Crippen MR) is 76.8 cm³/mol. The lowest BCUT2D eigenvalue weighted by atomic mass is 10.0. The molecule has 1 aromatic carbocycles. The average molecular weight is 281 g/mol. The summed E-state index contributed by atoms with van der Waals surface area (Å²) in [5, 5.41) is 0. The molecule has 1 saturated heterocycles. The van der Waals surface area contributed by atoms with Crippen LogP contribution in [0.5, 0.6) is 0 Å². The Balaban J connectivity index is 1.92. The third-order valence-electron chi connectivity index (χ3n) is 3.61. The molecule has 1 aliphatic heterocycles. The van der Waals surface area contributed by atoms with Crippen molar-refractivity contribution in [3.8, 4) is 0 Å². The van der Waals surface area contributed by atoms with Gasteiger partial charge in [-0.25, -0.2) is 4.39 Å². The second-order valence-electron chi connectivity index (χ2n) is 4.86. The normalized spacial score (nSPS) is 19.5. The molecule has 1 amide bonds. The zero-order valence-electron chi connectivity index (χ0n) is 11.3. The highest BCUT2D eigenvalue weighted by Crippen LogP contribution is 2.24. The van der Waals surface area contributed by atoms with E-state index in [1.165, 1.54) is 24.2 Å². The Kier molecular flexibility index (Phi) is 5.25.